The first-order valence-electron chi connectivity index (χ1n) is 7.60. The summed E-state index contributed by atoms with van der Waals surface area (Å²) >= 11 is 3.01. The summed E-state index contributed by atoms with van der Waals surface area (Å²) in [6.07, 6.45) is 4.25. The summed E-state index contributed by atoms with van der Waals surface area (Å²) in [5, 5.41) is 2.59. The Bertz CT molecular complexity index is 754. The first-order chi connectivity index (χ1) is 11.5. The molecule has 1 N–H and O–H groups in total. The van der Waals surface area contributed by atoms with Crippen LogP contribution in [0.4, 0.5) is 0 Å². The SMILES string of the molecule is C=CCN(Cc1cccs1)C(=O)CCc1c(C)nc(SC)[nH]c1=O. The topological polar surface area (TPSA) is 66.1 Å². The Kier molecular flexibility index (Phi) is 6.81. The Labute approximate surface area is 149 Å². The van der Waals surface area contributed by atoms with Crippen molar-refractivity contribution >= 4 is 29.0 Å². The fourth-order valence-corrected chi connectivity index (χ4v) is 3.51. The van der Waals surface area contributed by atoms with E-state index in [4.69, 9.17) is 0 Å². The number of aryl methyl sites for hydroxylation is 1. The molecule has 0 radical (unpaired) electrons. The van der Waals surface area contributed by atoms with Crippen LogP contribution in [-0.4, -0.2) is 33.6 Å². The number of carbonyl (C=O) groups is 1. The second-order valence-corrected chi connectivity index (χ2v) is 7.11. The van der Waals surface area contributed by atoms with Gasteiger partial charge in [-0.1, -0.05) is 23.9 Å². The molecule has 7 heteroatoms. The lowest BCUT2D eigenvalue weighted by Crippen LogP contribution is -2.31. The van der Waals surface area contributed by atoms with Crippen molar-refractivity contribution in [3.05, 3.63) is 56.7 Å². The summed E-state index contributed by atoms with van der Waals surface area (Å²) < 4.78 is 0. The van der Waals surface area contributed by atoms with Crippen LogP contribution < -0.4 is 5.56 Å². The molecular weight excluding hydrogens is 342 g/mol. The number of aromatic nitrogens is 2. The predicted octanol–water partition coefficient (Wildman–Crippen LogP) is 3.01. The minimum atomic E-state index is -0.159. The maximum atomic E-state index is 12.5. The van der Waals surface area contributed by atoms with Crippen LogP contribution in [0, 0.1) is 6.92 Å². The second kappa shape index (κ2) is 8.84. The third kappa shape index (κ3) is 4.82. The van der Waals surface area contributed by atoms with Crippen molar-refractivity contribution in [2.75, 3.05) is 12.8 Å². The summed E-state index contributed by atoms with van der Waals surface area (Å²) in [5.74, 6) is 0.0102. The quantitative estimate of drug-likeness (QED) is 0.445. The number of nitrogens with zero attached hydrogens (tertiary/aromatic N) is 2. The molecule has 0 spiro atoms. The molecule has 2 rings (SSSR count). The fraction of sp³-hybridized carbons (Fsp3) is 0.353. The first kappa shape index (κ1) is 18.5. The van der Waals surface area contributed by atoms with E-state index in [2.05, 4.69) is 16.5 Å². The minimum Gasteiger partial charge on any atom is -0.334 e. The number of thioether (sulfide) groups is 1. The third-order valence-corrected chi connectivity index (χ3v) is 5.05. The number of carbonyl (C=O) groups excluding carboxylic acids is 1. The van der Waals surface area contributed by atoms with E-state index in [1.54, 1.807) is 22.3 Å². The van der Waals surface area contributed by atoms with Gasteiger partial charge in [0, 0.05) is 29.1 Å². The second-order valence-electron chi connectivity index (χ2n) is 5.28. The first-order valence-corrected chi connectivity index (χ1v) is 9.70. The van der Waals surface area contributed by atoms with E-state index in [1.807, 2.05) is 30.7 Å². The molecule has 2 aromatic rings. The molecule has 0 bridgehead atoms. The van der Waals surface area contributed by atoms with Gasteiger partial charge in [-0.3, -0.25) is 9.59 Å². The van der Waals surface area contributed by atoms with E-state index in [0.717, 1.165) is 4.88 Å². The summed E-state index contributed by atoms with van der Waals surface area (Å²) in [6, 6.07) is 3.98. The van der Waals surface area contributed by atoms with Gasteiger partial charge in [0.1, 0.15) is 0 Å². The van der Waals surface area contributed by atoms with Crippen molar-refractivity contribution in [3.8, 4) is 0 Å². The molecule has 0 aromatic carbocycles. The highest BCUT2D eigenvalue weighted by Gasteiger charge is 2.16. The molecule has 5 nitrogen and oxygen atoms in total. The summed E-state index contributed by atoms with van der Waals surface area (Å²) in [7, 11) is 0. The van der Waals surface area contributed by atoms with Crippen molar-refractivity contribution in [2.45, 2.75) is 31.5 Å². The third-order valence-electron chi connectivity index (χ3n) is 3.61. The summed E-state index contributed by atoms with van der Waals surface area (Å²) in [5.41, 5.74) is 1.11. The van der Waals surface area contributed by atoms with Gasteiger partial charge in [-0.15, -0.1) is 17.9 Å². The number of hydrogen-bond acceptors (Lipinski definition) is 5. The molecule has 0 aliphatic carbocycles. The fourth-order valence-electron chi connectivity index (χ4n) is 2.37. The van der Waals surface area contributed by atoms with E-state index in [0.29, 0.717) is 35.9 Å². The van der Waals surface area contributed by atoms with Crippen LogP contribution in [-0.2, 0) is 17.8 Å². The summed E-state index contributed by atoms with van der Waals surface area (Å²) in [6.45, 7) is 6.59. The van der Waals surface area contributed by atoms with Gasteiger partial charge in [-0.25, -0.2) is 4.98 Å². The number of thiophene rings is 1. The molecule has 0 saturated carbocycles. The van der Waals surface area contributed by atoms with Crippen molar-refractivity contribution in [1.29, 1.82) is 0 Å². The van der Waals surface area contributed by atoms with Gasteiger partial charge in [0.2, 0.25) is 5.91 Å². The highest BCUT2D eigenvalue weighted by molar-refractivity contribution is 7.98. The summed E-state index contributed by atoms with van der Waals surface area (Å²) in [4.78, 5) is 34.6. The Morgan fingerprint density at radius 2 is 2.33 bits per heavy atom. The number of hydrogen-bond donors (Lipinski definition) is 1. The zero-order chi connectivity index (χ0) is 17.5. The lowest BCUT2D eigenvalue weighted by Gasteiger charge is -2.20. The average molecular weight is 364 g/mol. The number of amides is 1. The average Bonchev–Trinajstić information content (AvgIpc) is 3.06. The van der Waals surface area contributed by atoms with Gasteiger partial charge in [0.15, 0.2) is 5.16 Å². The maximum absolute atomic E-state index is 12.5. The molecule has 2 aromatic heterocycles. The highest BCUT2D eigenvalue weighted by atomic mass is 32.2. The molecule has 128 valence electrons. The molecule has 0 unspecified atom stereocenters. The number of aromatic amines is 1. The monoisotopic (exact) mass is 363 g/mol. The van der Waals surface area contributed by atoms with E-state index < -0.39 is 0 Å². The van der Waals surface area contributed by atoms with Crippen LogP contribution in [0.2, 0.25) is 0 Å². The molecular formula is C17H21N3O2S2. The highest BCUT2D eigenvalue weighted by Crippen LogP contribution is 2.14. The van der Waals surface area contributed by atoms with Crippen LogP contribution in [0.25, 0.3) is 0 Å². The zero-order valence-electron chi connectivity index (χ0n) is 13.9. The lowest BCUT2D eigenvalue weighted by molar-refractivity contribution is -0.131. The molecule has 2 heterocycles. The molecule has 1 amide bonds. The largest absolute Gasteiger partial charge is 0.334 e. The number of H-pyrrole nitrogens is 1. The Morgan fingerprint density at radius 1 is 1.54 bits per heavy atom. The van der Waals surface area contributed by atoms with Crippen molar-refractivity contribution in [1.82, 2.24) is 14.9 Å². The molecule has 0 aliphatic rings. The van der Waals surface area contributed by atoms with Crippen molar-refractivity contribution in [3.63, 3.8) is 0 Å². The Balaban J connectivity index is 2.05. The minimum absolute atomic E-state index is 0.0102. The Hall–Kier alpha value is -1.86. The number of rotatable bonds is 8. The van der Waals surface area contributed by atoms with Crippen molar-refractivity contribution < 1.29 is 4.79 Å². The smallest absolute Gasteiger partial charge is 0.254 e. The maximum Gasteiger partial charge on any atom is 0.254 e. The molecule has 24 heavy (non-hydrogen) atoms. The lowest BCUT2D eigenvalue weighted by atomic mass is 10.1. The molecule has 0 saturated heterocycles. The zero-order valence-corrected chi connectivity index (χ0v) is 15.5. The number of nitrogens with one attached hydrogen (secondary N) is 1. The standard InChI is InChI=1S/C17H21N3O2S2/c1-4-9-20(11-13-6-5-10-24-13)15(21)8-7-14-12(2)18-17(23-3)19-16(14)22/h4-6,10H,1,7-9,11H2,2-3H3,(H,18,19,22). The van der Waals surface area contributed by atoms with E-state index in [1.165, 1.54) is 11.8 Å². The molecule has 0 fully saturated rings. The Morgan fingerprint density at radius 3 is 2.92 bits per heavy atom. The van der Waals surface area contributed by atoms with Crippen LogP contribution in [0.3, 0.4) is 0 Å². The van der Waals surface area contributed by atoms with Gasteiger partial charge in [0.25, 0.3) is 5.56 Å². The van der Waals surface area contributed by atoms with Gasteiger partial charge >= 0.3 is 0 Å². The predicted molar refractivity (Wildman–Crippen MR) is 99.6 cm³/mol. The van der Waals surface area contributed by atoms with E-state index >= 15 is 0 Å². The van der Waals surface area contributed by atoms with Gasteiger partial charge in [-0.05, 0) is 31.0 Å². The van der Waals surface area contributed by atoms with Crippen LogP contribution in [0.15, 0.2) is 40.1 Å². The molecule has 0 aliphatic heterocycles. The van der Waals surface area contributed by atoms with E-state index in [9.17, 15) is 9.59 Å². The van der Waals surface area contributed by atoms with Crippen LogP contribution in [0.1, 0.15) is 22.6 Å². The van der Waals surface area contributed by atoms with Crippen molar-refractivity contribution in [2.24, 2.45) is 0 Å². The molecule has 0 atom stereocenters. The van der Waals surface area contributed by atoms with Crippen LogP contribution in [0.5, 0.6) is 0 Å². The van der Waals surface area contributed by atoms with Gasteiger partial charge in [-0.2, -0.15) is 0 Å². The van der Waals surface area contributed by atoms with Gasteiger partial charge < -0.3 is 9.88 Å². The normalized spacial score (nSPS) is 10.6. The van der Waals surface area contributed by atoms with Gasteiger partial charge in [0.05, 0.1) is 6.54 Å². The van der Waals surface area contributed by atoms with E-state index in [-0.39, 0.29) is 17.9 Å². The van der Waals surface area contributed by atoms with Crippen LogP contribution >= 0.6 is 23.1 Å².